The Morgan fingerprint density at radius 1 is 1.00 bits per heavy atom. The number of hydrogen-bond acceptors (Lipinski definition) is 1. The number of hydrogen-bond donors (Lipinski definition) is 0. The largest absolute Gasteiger partial charge is 0.341 e. The number of benzene rings is 2. The van der Waals surface area contributed by atoms with E-state index < -0.39 is 0 Å². The summed E-state index contributed by atoms with van der Waals surface area (Å²) in [5.41, 5.74) is 5.23. The lowest BCUT2D eigenvalue weighted by molar-refractivity contribution is 0.767. The van der Waals surface area contributed by atoms with E-state index in [4.69, 9.17) is 11.6 Å². The molecule has 1 heterocycles. The Balaban J connectivity index is 1.97. The molecule has 2 aromatic carbocycles. The van der Waals surface area contributed by atoms with Crippen molar-refractivity contribution in [3.05, 3.63) is 59.7 Å². The second kappa shape index (κ2) is 5.03. The molecule has 0 saturated heterocycles. The minimum Gasteiger partial charge on any atom is -0.341 e. The van der Waals surface area contributed by atoms with Gasteiger partial charge in [0.2, 0.25) is 0 Å². The fourth-order valence-corrected chi connectivity index (χ4v) is 2.74. The lowest BCUT2D eigenvalue weighted by Crippen LogP contribution is -2.24. The van der Waals surface area contributed by atoms with E-state index in [0.29, 0.717) is 5.88 Å². The van der Waals surface area contributed by atoms with E-state index in [-0.39, 0.29) is 0 Å². The number of fused-ring (bicyclic) bond motifs is 1. The SMILES string of the molecule is ClCc1ccc(N2CCCc3ccccc32)cc1. The maximum absolute atomic E-state index is 5.83. The summed E-state index contributed by atoms with van der Waals surface area (Å²) in [6.45, 7) is 1.09. The molecule has 0 fully saturated rings. The molecule has 92 valence electrons. The number of alkyl halides is 1. The van der Waals surface area contributed by atoms with E-state index in [0.717, 1.165) is 6.54 Å². The van der Waals surface area contributed by atoms with Gasteiger partial charge in [0, 0.05) is 23.8 Å². The average Bonchev–Trinajstić information content (AvgIpc) is 2.47. The number of aryl methyl sites for hydroxylation is 1. The molecule has 0 bridgehead atoms. The Hall–Kier alpha value is -1.47. The van der Waals surface area contributed by atoms with Gasteiger partial charge >= 0.3 is 0 Å². The summed E-state index contributed by atoms with van der Waals surface area (Å²) in [6.07, 6.45) is 2.40. The molecule has 0 unspecified atom stereocenters. The van der Waals surface area contributed by atoms with Gasteiger partial charge in [0.25, 0.3) is 0 Å². The predicted molar refractivity (Wildman–Crippen MR) is 77.8 cm³/mol. The van der Waals surface area contributed by atoms with Gasteiger partial charge in [-0.25, -0.2) is 0 Å². The normalized spacial score (nSPS) is 14.4. The highest BCUT2D eigenvalue weighted by Gasteiger charge is 2.17. The summed E-state index contributed by atoms with van der Waals surface area (Å²) >= 11 is 5.83. The molecular formula is C16H16ClN. The minimum absolute atomic E-state index is 0.580. The van der Waals surface area contributed by atoms with Gasteiger partial charge in [-0.2, -0.15) is 0 Å². The van der Waals surface area contributed by atoms with Crippen LogP contribution in [0.25, 0.3) is 0 Å². The lowest BCUT2D eigenvalue weighted by Gasteiger charge is -2.31. The first-order chi connectivity index (χ1) is 8.88. The zero-order chi connectivity index (χ0) is 12.4. The van der Waals surface area contributed by atoms with Crippen molar-refractivity contribution >= 4 is 23.0 Å². The summed E-state index contributed by atoms with van der Waals surface area (Å²) in [5, 5.41) is 0. The van der Waals surface area contributed by atoms with Crippen LogP contribution in [0.15, 0.2) is 48.5 Å². The van der Waals surface area contributed by atoms with Gasteiger partial charge in [0.05, 0.1) is 0 Å². The molecule has 3 rings (SSSR count). The van der Waals surface area contributed by atoms with Crippen molar-refractivity contribution in [2.24, 2.45) is 0 Å². The van der Waals surface area contributed by atoms with Crippen LogP contribution in [-0.4, -0.2) is 6.54 Å². The number of halogens is 1. The molecule has 0 radical (unpaired) electrons. The van der Waals surface area contributed by atoms with Crippen LogP contribution in [0.4, 0.5) is 11.4 Å². The number of anilines is 2. The van der Waals surface area contributed by atoms with Gasteiger partial charge in [-0.15, -0.1) is 11.6 Å². The third-order valence-corrected chi connectivity index (χ3v) is 3.82. The van der Waals surface area contributed by atoms with Crippen LogP contribution in [0.5, 0.6) is 0 Å². The van der Waals surface area contributed by atoms with Crippen LogP contribution in [0, 0.1) is 0 Å². The maximum Gasteiger partial charge on any atom is 0.0474 e. The highest BCUT2D eigenvalue weighted by molar-refractivity contribution is 6.17. The molecule has 18 heavy (non-hydrogen) atoms. The number of nitrogens with zero attached hydrogens (tertiary/aromatic N) is 1. The van der Waals surface area contributed by atoms with Crippen LogP contribution >= 0.6 is 11.6 Å². The van der Waals surface area contributed by atoms with Crippen molar-refractivity contribution < 1.29 is 0 Å². The van der Waals surface area contributed by atoms with Crippen molar-refractivity contribution in [3.8, 4) is 0 Å². The molecule has 0 aromatic heterocycles. The fourth-order valence-electron chi connectivity index (χ4n) is 2.57. The van der Waals surface area contributed by atoms with Gasteiger partial charge in [0.1, 0.15) is 0 Å². The summed E-state index contributed by atoms with van der Waals surface area (Å²) < 4.78 is 0. The Labute approximate surface area is 113 Å². The minimum atomic E-state index is 0.580. The van der Waals surface area contributed by atoms with E-state index in [1.807, 2.05) is 0 Å². The number of para-hydroxylation sites is 1. The van der Waals surface area contributed by atoms with Crippen molar-refractivity contribution in [3.63, 3.8) is 0 Å². The van der Waals surface area contributed by atoms with Crippen LogP contribution < -0.4 is 4.90 Å². The van der Waals surface area contributed by atoms with Crippen molar-refractivity contribution in [1.82, 2.24) is 0 Å². The molecule has 0 N–H and O–H groups in total. The molecule has 2 heteroatoms. The zero-order valence-electron chi connectivity index (χ0n) is 10.3. The Bertz CT molecular complexity index is 533. The van der Waals surface area contributed by atoms with E-state index in [9.17, 15) is 0 Å². The molecule has 0 aliphatic carbocycles. The van der Waals surface area contributed by atoms with Gasteiger partial charge in [0.15, 0.2) is 0 Å². The molecule has 0 saturated carbocycles. The first kappa shape index (κ1) is 11.6. The molecule has 2 aromatic rings. The highest BCUT2D eigenvalue weighted by atomic mass is 35.5. The molecule has 0 amide bonds. The number of rotatable bonds is 2. The zero-order valence-corrected chi connectivity index (χ0v) is 11.0. The van der Waals surface area contributed by atoms with Crippen molar-refractivity contribution in [1.29, 1.82) is 0 Å². The second-order valence-electron chi connectivity index (χ2n) is 4.68. The standard InChI is InChI=1S/C16H16ClN/c17-12-13-7-9-15(10-8-13)18-11-3-5-14-4-1-2-6-16(14)18/h1-2,4,6-10H,3,5,11-12H2. The first-order valence-electron chi connectivity index (χ1n) is 6.39. The smallest absolute Gasteiger partial charge is 0.0474 e. The van der Waals surface area contributed by atoms with Crippen molar-refractivity contribution in [2.75, 3.05) is 11.4 Å². The average molecular weight is 258 g/mol. The fraction of sp³-hybridized carbons (Fsp3) is 0.250. The van der Waals surface area contributed by atoms with Crippen molar-refractivity contribution in [2.45, 2.75) is 18.7 Å². The summed E-state index contributed by atoms with van der Waals surface area (Å²) in [4.78, 5) is 2.40. The van der Waals surface area contributed by atoms with Gasteiger partial charge in [-0.3, -0.25) is 0 Å². The summed E-state index contributed by atoms with van der Waals surface area (Å²) in [7, 11) is 0. The topological polar surface area (TPSA) is 3.24 Å². The van der Waals surface area contributed by atoms with Gasteiger partial charge in [-0.05, 0) is 42.2 Å². The van der Waals surface area contributed by atoms with E-state index in [1.54, 1.807) is 0 Å². The second-order valence-corrected chi connectivity index (χ2v) is 4.95. The Kier molecular flexibility index (Phi) is 3.24. The van der Waals surface area contributed by atoms with Crippen LogP contribution in [0.2, 0.25) is 0 Å². The quantitative estimate of drug-likeness (QED) is 0.716. The highest BCUT2D eigenvalue weighted by Crippen LogP contribution is 2.33. The molecule has 1 nitrogen and oxygen atoms in total. The van der Waals surface area contributed by atoms with E-state index in [2.05, 4.69) is 53.4 Å². The van der Waals surface area contributed by atoms with Gasteiger partial charge in [-0.1, -0.05) is 30.3 Å². The molecule has 0 atom stereocenters. The molecular weight excluding hydrogens is 242 g/mol. The Morgan fingerprint density at radius 2 is 1.78 bits per heavy atom. The van der Waals surface area contributed by atoms with E-state index in [1.165, 1.54) is 35.3 Å². The predicted octanol–water partition coefficient (Wildman–Crippen LogP) is 4.51. The van der Waals surface area contributed by atoms with Crippen LogP contribution in [0.3, 0.4) is 0 Å². The third kappa shape index (κ3) is 2.11. The van der Waals surface area contributed by atoms with E-state index >= 15 is 0 Å². The maximum atomic E-state index is 5.83. The lowest BCUT2D eigenvalue weighted by atomic mass is 10.0. The van der Waals surface area contributed by atoms with Gasteiger partial charge < -0.3 is 4.90 Å². The molecule has 0 spiro atoms. The molecule has 1 aliphatic rings. The monoisotopic (exact) mass is 257 g/mol. The summed E-state index contributed by atoms with van der Waals surface area (Å²) in [5.74, 6) is 0.580. The first-order valence-corrected chi connectivity index (χ1v) is 6.92. The molecule has 1 aliphatic heterocycles. The summed E-state index contributed by atoms with van der Waals surface area (Å²) in [6, 6.07) is 17.2. The Morgan fingerprint density at radius 3 is 2.56 bits per heavy atom. The van der Waals surface area contributed by atoms with Crippen LogP contribution in [-0.2, 0) is 12.3 Å². The van der Waals surface area contributed by atoms with Crippen LogP contribution in [0.1, 0.15) is 17.5 Å². The third-order valence-electron chi connectivity index (χ3n) is 3.51.